The lowest BCUT2D eigenvalue weighted by Gasteiger charge is -2.17. The first kappa shape index (κ1) is 14.8. The highest BCUT2D eigenvalue weighted by atomic mass is 16.5. The van der Waals surface area contributed by atoms with Crippen molar-refractivity contribution in [3.8, 4) is 0 Å². The van der Waals surface area contributed by atoms with Gasteiger partial charge < -0.3 is 19.5 Å². The molecular weight excluding hydrogens is 258 g/mol. The van der Waals surface area contributed by atoms with Crippen LogP contribution in [0.4, 0.5) is 4.79 Å². The van der Waals surface area contributed by atoms with Crippen molar-refractivity contribution in [2.45, 2.75) is 38.8 Å². The van der Waals surface area contributed by atoms with Crippen molar-refractivity contribution < 1.29 is 9.53 Å². The number of aromatic nitrogens is 3. The first-order valence-electron chi connectivity index (χ1n) is 7.11. The van der Waals surface area contributed by atoms with Gasteiger partial charge in [0.1, 0.15) is 5.82 Å². The molecule has 1 aromatic rings. The Labute approximate surface area is 119 Å². The molecular formula is C13H23N5O2. The van der Waals surface area contributed by atoms with Crippen LogP contribution in [0.1, 0.15) is 30.9 Å². The van der Waals surface area contributed by atoms with E-state index < -0.39 is 0 Å². The van der Waals surface area contributed by atoms with Gasteiger partial charge >= 0.3 is 6.03 Å². The summed E-state index contributed by atoms with van der Waals surface area (Å²) < 4.78 is 7.09. The smallest absolute Gasteiger partial charge is 0.317 e. The van der Waals surface area contributed by atoms with Gasteiger partial charge in [-0.25, -0.2) is 4.79 Å². The third-order valence-corrected chi connectivity index (χ3v) is 3.56. The molecule has 0 atom stereocenters. The molecule has 2 amide bonds. The van der Waals surface area contributed by atoms with Gasteiger partial charge in [0.05, 0.1) is 13.2 Å². The molecule has 1 aromatic heterocycles. The molecule has 2 rings (SSSR count). The molecule has 0 aliphatic carbocycles. The van der Waals surface area contributed by atoms with Crippen LogP contribution >= 0.6 is 0 Å². The van der Waals surface area contributed by atoms with Crippen molar-refractivity contribution in [2.24, 2.45) is 0 Å². The fourth-order valence-corrected chi connectivity index (χ4v) is 2.30. The monoisotopic (exact) mass is 281 g/mol. The molecule has 0 radical (unpaired) electrons. The molecule has 20 heavy (non-hydrogen) atoms. The van der Waals surface area contributed by atoms with E-state index in [-0.39, 0.29) is 6.03 Å². The largest absolute Gasteiger partial charge is 0.383 e. The summed E-state index contributed by atoms with van der Waals surface area (Å²) in [6.45, 7) is 2.47. The number of amides is 2. The Balaban J connectivity index is 1.88. The van der Waals surface area contributed by atoms with E-state index >= 15 is 0 Å². The Morgan fingerprint density at radius 1 is 1.40 bits per heavy atom. The van der Waals surface area contributed by atoms with Gasteiger partial charge in [0.15, 0.2) is 5.82 Å². The number of carbonyl (C=O) groups excluding carboxylic acids is 1. The minimum absolute atomic E-state index is 0.118. The molecule has 7 heteroatoms. The number of carbonyl (C=O) groups is 1. The number of nitrogens with one attached hydrogen (secondary N) is 1. The Morgan fingerprint density at radius 2 is 2.25 bits per heavy atom. The minimum Gasteiger partial charge on any atom is -0.383 e. The molecule has 112 valence electrons. The van der Waals surface area contributed by atoms with Crippen LogP contribution in [-0.4, -0.2) is 53.0 Å². The normalized spacial score (nSPS) is 14.5. The van der Waals surface area contributed by atoms with Crippen molar-refractivity contribution in [3.05, 3.63) is 11.6 Å². The van der Waals surface area contributed by atoms with Gasteiger partial charge in [-0.2, -0.15) is 0 Å². The quantitative estimate of drug-likeness (QED) is 0.866. The maximum atomic E-state index is 11.9. The van der Waals surface area contributed by atoms with Crippen LogP contribution in [0.5, 0.6) is 0 Å². The number of fused-ring (bicyclic) bond motifs is 1. The highest BCUT2D eigenvalue weighted by Crippen LogP contribution is 2.14. The topological polar surface area (TPSA) is 72.3 Å². The van der Waals surface area contributed by atoms with Gasteiger partial charge in [-0.1, -0.05) is 6.42 Å². The number of rotatable bonds is 5. The Kier molecular flexibility index (Phi) is 5.34. The summed E-state index contributed by atoms with van der Waals surface area (Å²) in [5.41, 5.74) is 0. The second-order valence-electron chi connectivity index (χ2n) is 5.07. The molecule has 1 aliphatic rings. The molecule has 2 heterocycles. The number of urea groups is 1. The first-order valence-corrected chi connectivity index (χ1v) is 7.11. The fraction of sp³-hybridized carbons (Fsp3) is 0.769. The summed E-state index contributed by atoms with van der Waals surface area (Å²) >= 11 is 0. The molecule has 1 aliphatic heterocycles. The number of nitrogens with zero attached hydrogens (tertiary/aromatic N) is 4. The Morgan fingerprint density at radius 3 is 3.05 bits per heavy atom. The van der Waals surface area contributed by atoms with E-state index in [9.17, 15) is 4.79 Å². The van der Waals surface area contributed by atoms with E-state index in [2.05, 4.69) is 20.1 Å². The first-order chi connectivity index (χ1) is 9.72. The molecule has 0 saturated carbocycles. The van der Waals surface area contributed by atoms with Crippen LogP contribution in [0.2, 0.25) is 0 Å². The van der Waals surface area contributed by atoms with Crippen LogP contribution in [0.25, 0.3) is 0 Å². The van der Waals surface area contributed by atoms with Crippen molar-refractivity contribution in [1.82, 2.24) is 25.0 Å². The molecule has 0 bridgehead atoms. The average molecular weight is 281 g/mol. The lowest BCUT2D eigenvalue weighted by atomic mass is 10.2. The molecule has 0 unspecified atom stereocenters. The second-order valence-corrected chi connectivity index (χ2v) is 5.07. The lowest BCUT2D eigenvalue weighted by molar-refractivity contribution is 0.159. The molecule has 1 N–H and O–H groups in total. The van der Waals surface area contributed by atoms with Crippen molar-refractivity contribution in [1.29, 1.82) is 0 Å². The highest BCUT2D eigenvalue weighted by Gasteiger charge is 2.15. The van der Waals surface area contributed by atoms with Crippen LogP contribution in [-0.2, 0) is 24.2 Å². The zero-order valence-electron chi connectivity index (χ0n) is 12.3. The van der Waals surface area contributed by atoms with E-state index in [4.69, 9.17) is 4.74 Å². The van der Waals surface area contributed by atoms with Crippen molar-refractivity contribution >= 4 is 6.03 Å². The van der Waals surface area contributed by atoms with Gasteiger partial charge in [0, 0.05) is 33.7 Å². The van der Waals surface area contributed by atoms with Gasteiger partial charge in [-0.3, -0.25) is 0 Å². The Hall–Kier alpha value is -1.63. The standard InChI is InChI=1S/C13H23N5O2/c1-17(8-9-20-2)13(19)14-10-12-16-15-11-6-4-3-5-7-18(11)12/h3-10H2,1-2H3,(H,14,19). The predicted octanol–water partition coefficient (Wildman–Crippen LogP) is 0.792. The van der Waals surface area contributed by atoms with Gasteiger partial charge in [-0.15, -0.1) is 10.2 Å². The van der Waals surface area contributed by atoms with Gasteiger partial charge in [0.2, 0.25) is 0 Å². The average Bonchev–Trinajstić information content (AvgIpc) is 2.69. The van der Waals surface area contributed by atoms with E-state index in [0.717, 1.165) is 31.0 Å². The number of hydrogen-bond donors (Lipinski definition) is 1. The van der Waals surface area contributed by atoms with Crippen LogP contribution < -0.4 is 5.32 Å². The van der Waals surface area contributed by atoms with E-state index in [1.165, 1.54) is 12.8 Å². The zero-order valence-corrected chi connectivity index (χ0v) is 12.3. The van der Waals surface area contributed by atoms with Gasteiger partial charge in [-0.05, 0) is 12.8 Å². The highest BCUT2D eigenvalue weighted by molar-refractivity contribution is 5.73. The summed E-state index contributed by atoms with van der Waals surface area (Å²) in [5, 5.41) is 11.3. The van der Waals surface area contributed by atoms with Crippen LogP contribution in [0, 0.1) is 0 Å². The summed E-state index contributed by atoms with van der Waals surface area (Å²) in [5.74, 6) is 1.88. The SMILES string of the molecule is COCCN(C)C(=O)NCc1nnc2n1CCCCC2. The summed E-state index contributed by atoms with van der Waals surface area (Å²) in [6, 6.07) is -0.118. The van der Waals surface area contributed by atoms with Crippen LogP contribution in [0.15, 0.2) is 0 Å². The zero-order chi connectivity index (χ0) is 14.4. The summed E-state index contributed by atoms with van der Waals surface area (Å²) in [6.07, 6.45) is 4.54. The number of likely N-dealkylation sites (N-methyl/N-ethyl adjacent to an activating group) is 1. The number of ether oxygens (including phenoxy) is 1. The maximum absolute atomic E-state index is 11.9. The van der Waals surface area contributed by atoms with E-state index in [1.54, 1.807) is 19.1 Å². The number of aryl methyl sites for hydroxylation is 1. The number of hydrogen-bond acceptors (Lipinski definition) is 4. The van der Waals surface area contributed by atoms with E-state index in [1.807, 2.05) is 0 Å². The fourth-order valence-electron chi connectivity index (χ4n) is 2.30. The van der Waals surface area contributed by atoms with Crippen LogP contribution in [0.3, 0.4) is 0 Å². The van der Waals surface area contributed by atoms with Crippen molar-refractivity contribution in [2.75, 3.05) is 27.3 Å². The molecule has 0 fully saturated rings. The summed E-state index contributed by atoms with van der Waals surface area (Å²) in [7, 11) is 3.37. The number of methoxy groups -OCH3 is 1. The molecule has 0 spiro atoms. The Bertz CT molecular complexity index is 446. The van der Waals surface area contributed by atoms with E-state index in [0.29, 0.717) is 19.7 Å². The predicted molar refractivity (Wildman–Crippen MR) is 74.3 cm³/mol. The maximum Gasteiger partial charge on any atom is 0.317 e. The third-order valence-electron chi connectivity index (χ3n) is 3.56. The van der Waals surface area contributed by atoms with Crippen molar-refractivity contribution in [3.63, 3.8) is 0 Å². The van der Waals surface area contributed by atoms with Gasteiger partial charge in [0.25, 0.3) is 0 Å². The molecule has 7 nitrogen and oxygen atoms in total. The second kappa shape index (κ2) is 7.23. The third kappa shape index (κ3) is 3.69. The molecule has 0 aromatic carbocycles. The summed E-state index contributed by atoms with van der Waals surface area (Å²) in [4.78, 5) is 13.5. The minimum atomic E-state index is -0.118. The molecule has 0 saturated heterocycles. The lowest BCUT2D eigenvalue weighted by Crippen LogP contribution is -2.39.